The van der Waals surface area contributed by atoms with Crippen LogP contribution in [0.1, 0.15) is 16.9 Å². The third-order valence-corrected chi connectivity index (χ3v) is 4.27. The Bertz CT molecular complexity index is 1190. The molecular formula is C24H17NO6. The fourth-order valence-electron chi connectivity index (χ4n) is 2.80. The number of hydrogen-bond donors (Lipinski definition) is 0. The predicted octanol–water partition coefficient (Wildman–Crippen LogP) is 4.25. The van der Waals surface area contributed by atoms with Crippen molar-refractivity contribution in [3.05, 3.63) is 95.6 Å². The number of methoxy groups -OCH3 is 1. The minimum Gasteiger partial charge on any atom is -0.493 e. The quantitative estimate of drug-likeness (QED) is 0.340. The first kappa shape index (κ1) is 19.9. The fourth-order valence-corrected chi connectivity index (χ4v) is 2.80. The van der Waals surface area contributed by atoms with Gasteiger partial charge >= 0.3 is 11.9 Å². The van der Waals surface area contributed by atoms with Crippen molar-refractivity contribution >= 4 is 30.0 Å². The topological polar surface area (TPSA) is 87.3 Å². The molecule has 0 N–H and O–H groups in total. The summed E-state index contributed by atoms with van der Waals surface area (Å²) >= 11 is 0. The Hall–Kier alpha value is -4.39. The highest BCUT2D eigenvalue weighted by Gasteiger charge is 2.25. The smallest absolute Gasteiger partial charge is 0.363 e. The van der Waals surface area contributed by atoms with Crippen molar-refractivity contribution in [1.29, 1.82) is 0 Å². The van der Waals surface area contributed by atoms with Gasteiger partial charge in [-0.05, 0) is 47.5 Å². The highest BCUT2D eigenvalue weighted by atomic mass is 16.6. The van der Waals surface area contributed by atoms with Gasteiger partial charge in [-0.1, -0.05) is 36.4 Å². The van der Waals surface area contributed by atoms with E-state index in [-0.39, 0.29) is 17.3 Å². The Morgan fingerprint density at radius 2 is 1.84 bits per heavy atom. The summed E-state index contributed by atoms with van der Waals surface area (Å²) in [6, 6.07) is 17.6. The molecule has 4 rings (SSSR count). The van der Waals surface area contributed by atoms with Crippen molar-refractivity contribution in [2.45, 2.75) is 0 Å². The number of esters is 2. The van der Waals surface area contributed by atoms with E-state index < -0.39 is 11.9 Å². The third-order valence-electron chi connectivity index (χ3n) is 4.27. The molecule has 2 aromatic carbocycles. The van der Waals surface area contributed by atoms with Crippen molar-refractivity contribution in [3.63, 3.8) is 0 Å². The molecule has 0 amide bonds. The lowest BCUT2D eigenvalue weighted by Gasteiger charge is -2.08. The standard InChI is InChI=1S/C24H17NO6/c1-28-21-15-17(14-18-24(27)31-23(25-18)20-8-5-13-29-20)9-11-19(21)30-22(26)12-10-16-6-3-2-4-7-16/h2-15H,1H3/b12-10+,18-14+. The first-order valence-corrected chi connectivity index (χ1v) is 9.32. The maximum absolute atomic E-state index is 12.1. The Morgan fingerprint density at radius 3 is 2.58 bits per heavy atom. The van der Waals surface area contributed by atoms with Gasteiger partial charge in [0.1, 0.15) is 0 Å². The molecule has 1 aliphatic heterocycles. The zero-order valence-corrected chi connectivity index (χ0v) is 16.5. The van der Waals surface area contributed by atoms with Gasteiger partial charge in [0.25, 0.3) is 5.90 Å². The van der Waals surface area contributed by atoms with Crippen LogP contribution in [0, 0.1) is 0 Å². The molecule has 7 nitrogen and oxygen atoms in total. The van der Waals surface area contributed by atoms with E-state index in [0.717, 1.165) is 5.56 Å². The van der Waals surface area contributed by atoms with Gasteiger partial charge < -0.3 is 18.6 Å². The number of carbonyl (C=O) groups excluding carboxylic acids is 2. The van der Waals surface area contributed by atoms with E-state index in [1.165, 1.54) is 19.4 Å². The van der Waals surface area contributed by atoms with Crippen LogP contribution >= 0.6 is 0 Å². The molecule has 0 aliphatic carbocycles. The van der Waals surface area contributed by atoms with Crippen LogP contribution < -0.4 is 9.47 Å². The number of aliphatic imine (C=N–C) groups is 1. The maximum atomic E-state index is 12.1. The van der Waals surface area contributed by atoms with E-state index in [0.29, 0.717) is 17.1 Å². The van der Waals surface area contributed by atoms with Gasteiger partial charge in [0.2, 0.25) is 0 Å². The Kier molecular flexibility index (Phi) is 5.75. The van der Waals surface area contributed by atoms with Gasteiger partial charge in [-0.15, -0.1) is 0 Å². The monoisotopic (exact) mass is 415 g/mol. The van der Waals surface area contributed by atoms with E-state index in [4.69, 9.17) is 18.6 Å². The van der Waals surface area contributed by atoms with Crippen molar-refractivity contribution in [1.82, 2.24) is 0 Å². The molecule has 154 valence electrons. The summed E-state index contributed by atoms with van der Waals surface area (Å²) in [6.45, 7) is 0. The Balaban J connectivity index is 1.50. The first-order valence-electron chi connectivity index (χ1n) is 9.32. The average molecular weight is 415 g/mol. The lowest BCUT2D eigenvalue weighted by atomic mass is 10.1. The number of rotatable bonds is 6. The van der Waals surface area contributed by atoms with Crippen LogP contribution in [0.4, 0.5) is 0 Å². The third kappa shape index (κ3) is 4.79. The number of nitrogens with zero attached hydrogens (tertiary/aromatic N) is 1. The molecule has 0 spiro atoms. The largest absolute Gasteiger partial charge is 0.493 e. The molecule has 2 heterocycles. The lowest BCUT2D eigenvalue weighted by Crippen LogP contribution is -2.05. The second-order valence-corrected chi connectivity index (χ2v) is 6.39. The van der Waals surface area contributed by atoms with Crippen LogP contribution in [0.25, 0.3) is 12.2 Å². The number of benzene rings is 2. The van der Waals surface area contributed by atoms with E-state index in [1.54, 1.807) is 42.5 Å². The fraction of sp³-hybridized carbons (Fsp3) is 0.0417. The Morgan fingerprint density at radius 1 is 1.00 bits per heavy atom. The van der Waals surface area contributed by atoms with E-state index in [9.17, 15) is 9.59 Å². The normalized spacial score (nSPS) is 14.5. The maximum Gasteiger partial charge on any atom is 0.363 e. The minimum absolute atomic E-state index is 0.101. The van der Waals surface area contributed by atoms with E-state index in [1.807, 2.05) is 30.3 Å². The minimum atomic E-state index is -0.591. The van der Waals surface area contributed by atoms with Gasteiger partial charge in [-0.25, -0.2) is 14.6 Å². The summed E-state index contributed by atoms with van der Waals surface area (Å²) in [5, 5.41) is 0. The summed E-state index contributed by atoms with van der Waals surface area (Å²) in [6.07, 6.45) is 6.01. The van der Waals surface area contributed by atoms with Gasteiger partial charge in [0, 0.05) is 6.08 Å². The molecule has 1 aromatic heterocycles. The van der Waals surface area contributed by atoms with Crippen molar-refractivity contribution in [3.8, 4) is 11.5 Å². The highest BCUT2D eigenvalue weighted by molar-refractivity contribution is 6.11. The first-order chi connectivity index (χ1) is 15.1. The number of cyclic esters (lactones) is 1. The van der Waals surface area contributed by atoms with Gasteiger partial charge in [-0.3, -0.25) is 0 Å². The zero-order valence-electron chi connectivity index (χ0n) is 16.5. The molecule has 0 bridgehead atoms. The molecule has 0 saturated carbocycles. The number of carbonyl (C=O) groups is 2. The predicted molar refractivity (Wildman–Crippen MR) is 113 cm³/mol. The lowest BCUT2D eigenvalue weighted by molar-refractivity contribution is -0.130. The molecular weight excluding hydrogens is 398 g/mol. The van der Waals surface area contributed by atoms with Crippen molar-refractivity contribution in [2.75, 3.05) is 7.11 Å². The van der Waals surface area contributed by atoms with Gasteiger partial charge in [0.15, 0.2) is 23.0 Å². The van der Waals surface area contributed by atoms with Gasteiger partial charge in [0.05, 0.1) is 13.4 Å². The SMILES string of the molecule is COc1cc(/C=C2/N=C(c3ccco3)OC2=O)ccc1OC(=O)/C=C/c1ccccc1. The highest BCUT2D eigenvalue weighted by Crippen LogP contribution is 2.30. The summed E-state index contributed by atoms with van der Waals surface area (Å²) in [7, 11) is 1.46. The zero-order chi connectivity index (χ0) is 21.6. The average Bonchev–Trinajstić information content (AvgIpc) is 3.44. The van der Waals surface area contributed by atoms with Crippen LogP contribution in [0.15, 0.2) is 88.1 Å². The molecule has 7 heteroatoms. The van der Waals surface area contributed by atoms with Crippen LogP contribution in [-0.4, -0.2) is 24.9 Å². The molecule has 0 saturated heterocycles. The van der Waals surface area contributed by atoms with E-state index >= 15 is 0 Å². The van der Waals surface area contributed by atoms with Crippen LogP contribution in [0.5, 0.6) is 11.5 Å². The number of furan rings is 1. The second-order valence-electron chi connectivity index (χ2n) is 6.39. The molecule has 0 fully saturated rings. The molecule has 31 heavy (non-hydrogen) atoms. The molecule has 0 atom stereocenters. The van der Waals surface area contributed by atoms with Crippen molar-refractivity contribution < 1.29 is 28.2 Å². The second kappa shape index (κ2) is 8.96. The number of ether oxygens (including phenoxy) is 3. The summed E-state index contributed by atoms with van der Waals surface area (Å²) < 4.78 is 21.0. The molecule has 0 unspecified atom stereocenters. The van der Waals surface area contributed by atoms with Crippen molar-refractivity contribution in [2.24, 2.45) is 4.99 Å². The summed E-state index contributed by atoms with van der Waals surface area (Å²) in [5.74, 6) is -0.0881. The molecule has 3 aromatic rings. The number of hydrogen-bond acceptors (Lipinski definition) is 7. The molecule has 0 radical (unpaired) electrons. The summed E-state index contributed by atoms with van der Waals surface area (Å²) in [4.78, 5) is 28.4. The van der Waals surface area contributed by atoms with Crippen LogP contribution in [0.3, 0.4) is 0 Å². The Labute approximate surface area is 177 Å². The van der Waals surface area contributed by atoms with Crippen LogP contribution in [0.2, 0.25) is 0 Å². The van der Waals surface area contributed by atoms with E-state index in [2.05, 4.69) is 4.99 Å². The summed E-state index contributed by atoms with van der Waals surface area (Å²) in [5.41, 5.74) is 1.61. The molecule has 1 aliphatic rings. The van der Waals surface area contributed by atoms with Gasteiger partial charge in [-0.2, -0.15) is 0 Å². The van der Waals surface area contributed by atoms with Crippen LogP contribution in [-0.2, 0) is 14.3 Å².